The summed E-state index contributed by atoms with van der Waals surface area (Å²) in [7, 11) is 0. The van der Waals surface area contributed by atoms with Crippen LogP contribution in [0.15, 0.2) is 36.4 Å². The molecule has 0 aliphatic heterocycles. The molecule has 0 radical (unpaired) electrons. The van der Waals surface area contributed by atoms with Gasteiger partial charge in [0.25, 0.3) is 5.91 Å². The number of carbonyl (C=O) groups excluding carboxylic acids is 1. The Morgan fingerprint density at radius 1 is 1.09 bits per heavy atom. The summed E-state index contributed by atoms with van der Waals surface area (Å²) in [5, 5.41) is 4.19. The summed E-state index contributed by atoms with van der Waals surface area (Å²) in [5.41, 5.74) is 1.56. The van der Waals surface area contributed by atoms with Gasteiger partial charge < -0.3 is 10.1 Å². The van der Waals surface area contributed by atoms with Crippen molar-refractivity contribution in [2.45, 2.75) is 20.0 Å². The molecule has 0 saturated carbocycles. The van der Waals surface area contributed by atoms with E-state index in [0.717, 1.165) is 5.56 Å². The molecule has 1 atom stereocenters. The van der Waals surface area contributed by atoms with Gasteiger partial charge in [-0.2, -0.15) is 0 Å². The molecular weight excluding hydrogens is 345 g/mol. The molecular formula is C16H14Cl3NO2. The van der Waals surface area contributed by atoms with E-state index < -0.39 is 6.10 Å². The number of hydrogen-bond acceptors (Lipinski definition) is 2. The fourth-order valence-electron chi connectivity index (χ4n) is 1.78. The van der Waals surface area contributed by atoms with Crippen LogP contribution >= 0.6 is 34.8 Å². The Morgan fingerprint density at radius 2 is 1.73 bits per heavy atom. The highest BCUT2D eigenvalue weighted by atomic mass is 35.5. The maximum atomic E-state index is 12.2. The first-order chi connectivity index (χ1) is 10.4. The molecule has 0 spiro atoms. The highest BCUT2D eigenvalue weighted by molar-refractivity contribution is 6.35. The van der Waals surface area contributed by atoms with Gasteiger partial charge in [-0.25, -0.2) is 0 Å². The average molecular weight is 359 g/mol. The Labute approximate surface area is 144 Å². The molecule has 2 aromatic rings. The summed E-state index contributed by atoms with van der Waals surface area (Å²) in [6, 6.07) is 10.1. The topological polar surface area (TPSA) is 38.3 Å². The number of hydrogen-bond donors (Lipinski definition) is 1. The van der Waals surface area contributed by atoms with Crippen molar-refractivity contribution < 1.29 is 9.53 Å². The molecule has 0 heterocycles. The van der Waals surface area contributed by atoms with E-state index in [1.165, 1.54) is 0 Å². The number of ether oxygens (including phenoxy) is 1. The minimum absolute atomic E-state index is 0.295. The van der Waals surface area contributed by atoms with Gasteiger partial charge >= 0.3 is 0 Å². The normalized spacial score (nSPS) is 11.9. The van der Waals surface area contributed by atoms with Crippen molar-refractivity contribution >= 4 is 46.4 Å². The summed E-state index contributed by atoms with van der Waals surface area (Å²) in [4.78, 5) is 12.2. The first-order valence-corrected chi connectivity index (χ1v) is 7.69. The fourth-order valence-corrected chi connectivity index (χ4v) is 2.40. The van der Waals surface area contributed by atoms with Crippen LogP contribution in [0.4, 0.5) is 5.69 Å². The van der Waals surface area contributed by atoms with Crippen LogP contribution in [-0.4, -0.2) is 12.0 Å². The zero-order chi connectivity index (χ0) is 16.3. The number of rotatable bonds is 4. The third-order valence-electron chi connectivity index (χ3n) is 3.02. The Balaban J connectivity index is 2.07. The van der Waals surface area contributed by atoms with Crippen LogP contribution in [0.2, 0.25) is 15.1 Å². The second kappa shape index (κ2) is 7.23. The lowest BCUT2D eigenvalue weighted by molar-refractivity contribution is -0.122. The van der Waals surface area contributed by atoms with Gasteiger partial charge in [0.15, 0.2) is 6.10 Å². The summed E-state index contributed by atoms with van der Waals surface area (Å²) < 4.78 is 5.57. The quantitative estimate of drug-likeness (QED) is 0.799. The van der Waals surface area contributed by atoms with E-state index >= 15 is 0 Å². The molecule has 0 aromatic heterocycles. The van der Waals surface area contributed by atoms with Crippen molar-refractivity contribution in [1.82, 2.24) is 0 Å². The molecule has 2 rings (SSSR count). The molecule has 2 aromatic carbocycles. The zero-order valence-electron chi connectivity index (χ0n) is 12.0. The molecule has 0 bridgehead atoms. The number of halogens is 3. The monoisotopic (exact) mass is 357 g/mol. The van der Waals surface area contributed by atoms with Gasteiger partial charge in [0.05, 0.1) is 5.02 Å². The van der Waals surface area contributed by atoms with Gasteiger partial charge in [-0.15, -0.1) is 0 Å². The van der Waals surface area contributed by atoms with E-state index in [2.05, 4.69) is 5.32 Å². The van der Waals surface area contributed by atoms with Crippen molar-refractivity contribution in [3.63, 3.8) is 0 Å². The van der Waals surface area contributed by atoms with Gasteiger partial charge in [0.1, 0.15) is 5.75 Å². The van der Waals surface area contributed by atoms with Crippen LogP contribution in [0.1, 0.15) is 12.5 Å². The minimum Gasteiger partial charge on any atom is -0.479 e. The van der Waals surface area contributed by atoms with E-state index in [0.29, 0.717) is 26.5 Å². The number of nitrogens with one attached hydrogen (secondary N) is 1. The van der Waals surface area contributed by atoms with E-state index in [1.807, 2.05) is 13.0 Å². The van der Waals surface area contributed by atoms with E-state index in [-0.39, 0.29) is 5.91 Å². The second-order valence-corrected chi connectivity index (χ2v) is 6.06. The van der Waals surface area contributed by atoms with Crippen molar-refractivity contribution in [1.29, 1.82) is 0 Å². The van der Waals surface area contributed by atoms with Gasteiger partial charge in [-0.05, 0) is 49.7 Å². The summed E-state index contributed by atoms with van der Waals surface area (Å²) in [5.74, 6) is 0.105. The Bertz CT molecular complexity index is 704. The van der Waals surface area contributed by atoms with Gasteiger partial charge in [-0.3, -0.25) is 4.79 Å². The molecule has 0 saturated heterocycles. The van der Waals surface area contributed by atoms with Crippen LogP contribution in [0.25, 0.3) is 0 Å². The average Bonchev–Trinajstić information content (AvgIpc) is 2.45. The van der Waals surface area contributed by atoms with Crippen LogP contribution in [-0.2, 0) is 4.79 Å². The molecule has 116 valence electrons. The van der Waals surface area contributed by atoms with Crippen LogP contribution < -0.4 is 10.1 Å². The van der Waals surface area contributed by atoms with Crippen molar-refractivity contribution in [2.75, 3.05) is 5.32 Å². The highest BCUT2D eigenvalue weighted by Gasteiger charge is 2.17. The number of amides is 1. The summed E-state index contributed by atoms with van der Waals surface area (Å²) in [6.45, 7) is 3.52. The molecule has 0 aliphatic rings. The lowest BCUT2D eigenvalue weighted by Gasteiger charge is -2.16. The van der Waals surface area contributed by atoms with Crippen LogP contribution in [0, 0.1) is 6.92 Å². The highest BCUT2D eigenvalue weighted by Crippen LogP contribution is 2.28. The molecule has 3 nitrogen and oxygen atoms in total. The van der Waals surface area contributed by atoms with Gasteiger partial charge in [0, 0.05) is 15.7 Å². The van der Waals surface area contributed by atoms with Gasteiger partial charge in [0.2, 0.25) is 0 Å². The maximum absolute atomic E-state index is 12.2. The largest absolute Gasteiger partial charge is 0.479 e. The zero-order valence-corrected chi connectivity index (χ0v) is 14.3. The van der Waals surface area contributed by atoms with E-state index in [9.17, 15) is 4.79 Å². The number of carbonyl (C=O) groups is 1. The molecule has 0 fully saturated rings. The first kappa shape index (κ1) is 16.9. The Kier molecular flexibility index (Phi) is 5.57. The molecule has 1 amide bonds. The van der Waals surface area contributed by atoms with Crippen LogP contribution in [0.5, 0.6) is 5.75 Å². The Morgan fingerprint density at radius 3 is 2.41 bits per heavy atom. The van der Waals surface area contributed by atoms with Crippen molar-refractivity contribution in [3.8, 4) is 5.75 Å². The maximum Gasteiger partial charge on any atom is 0.265 e. The van der Waals surface area contributed by atoms with Crippen molar-refractivity contribution in [2.24, 2.45) is 0 Å². The summed E-state index contributed by atoms with van der Waals surface area (Å²) in [6.07, 6.45) is -0.725. The minimum atomic E-state index is -0.725. The third-order valence-corrected chi connectivity index (χ3v) is 3.79. The Hall–Kier alpha value is -1.42. The predicted molar refractivity (Wildman–Crippen MR) is 91.4 cm³/mol. The molecule has 1 N–H and O–H groups in total. The molecule has 0 aliphatic carbocycles. The standard InChI is InChI=1S/C16H14Cl3NO2/c1-9-3-4-12(18)8-14(9)20-16(21)10(2)22-15-6-5-11(17)7-13(15)19/h3-8,10H,1-2H3,(H,20,21)/t10-/m0/s1. The number of anilines is 1. The van der Waals surface area contributed by atoms with Gasteiger partial charge in [-0.1, -0.05) is 40.9 Å². The fraction of sp³-hybridized carbons (Fsp3) is 0.188. The lowest BCUT2D eigenvalue weighted by Crippen LogP contribution is -2.30. The molecule has 6 heteroatoms. The number of benzene rings is 2. The molecule has 22 heavy (non-hydrogen) atoms. The van der Waals surface area contributed by atoms with Crippen molar-refractivity contribution in [3.05, 3.63) is 57.0 Å². The lowest BCUT2D eigenvalue weighted by atomic mass is 10.2. The smallest absolute Gasteiger partial charge is 0.265 e. The second-order valence-electron chi connectivity index (χ2n) is 4.78. The summed E-state index contributed by atoms with van der Waals surface area (Å²) >= 11 is 17.8. The third kappa shape index (κ3) is 4.29. The van der Waals surface area contributed by atoms with Crippen LogP contribution in [0.3, 0.4) is 0 Å². The molecule has 0 unspecified atom stereocenters. The van der Waals surface area contributed by atoms with E-state index in [1.54, 1.807) is 37.3 Å². The SMILES string of the molecule is Cc1ccc(Cl)cc1NC(=O)[C@H](C)Oc1ccc(Cl)cc1Cl. The first-order valence-electron chi connectivity index (χ1n) is 6.55. The van der Waals surface area contributed by atoms with E-state index in [4.69, 9.17) is 39.5 Å². The predicted octanol–water partition coefficient (Wildman–Crippen LogP) is 5.36. The number of aryl methyl sites for hydroxylation is 1.